The third kappa shape index (κ3) is 3.60. The average Bonchev–Trinajstić information content (AvgIpc) is 3.22. The Labute approximate surface area is 167 Å². The molecule has 2 N–H and O–H groups in total. The fourth-order valence-corrected chi connectivity index (χ4v) is 4.26. The largest absolute Gasteiger partial charge is 0.433 e. The summed E-state index contributed by atoms with van der Waals surface area (Å²) in [5.41, 5.74) is -0.180. The Morgan fingerprint density at radius 3 is 2.64 bits per heavy atom. The lowest BCUT2D eigenvalue weighted by Crippen LogP contribution is -2.33. The molecule has 0 amide bonds. The highest BCUT2D eigenvalue weighted by Gasteiger charge is 2.40. The van der Waals surface area contributed by atoms with Gasteiger partial charge in [-0.1, -0.05) is 30.3 Å². The van der Waals surface area contributed by atoms with Crippen molar-refractivity contribution >= 4 is 27.4 Å². The van der Waals surface area contributed by atoms with Gasteiger partial charge in [0.1, 0.15) is 10.4 Å². The van der Waals surface area contributed by atoms with Crippen molar-refractivity contribution in [3.63, 3.8) is 0 Å². The zero-order valence-corrected chi connectivity index (χ0v) is 16.3. The maximum atomic E-state index is 13.3. The highest BCUT2D eigenvalue weighted by Crippen LogP contribution is 2.41. The normalized spacial score (nSPS) is 22.7. The minimum absolute atomic E-state index is 0.101. The molecule has 2 heterocycles. The zero-order valence-electron chi connectivity index (χ0n) is 14.7. The lowest BCUT2D eigenvalue weighted by Gasteiger charge is -2.30. The van der Waals surface area contributed by atoms with Crippen LogP contribution in [0.4, 0.5) is 19.0 Å². The van der Waals surface area contributed by atoms with Crippen molar-refractivity contribution in [1.82, 2.24) is 14.6 Å². The van der Waals surface area contributed by atoms with E-state index in [0.717, 1.165) is 18.1 Å². The van der Waals surface area contributed by atoms with Crippen LogP contribution in [0, 0.1) is 0 Å². The van der Waals surface area contributed by atoms with Crippen molar-refractivity contribution in [2.45, 2.75) is 37.0 Å². The minimum Gasteiger partial charge on any atom is -0.393 e. The Bertz CT molecular complexity index is 992. The van der Waals surface area contributed by atoms with E-state index in [0.29, 0.717) is 24.0 Å². The second kappa shape index (κ2) is 7.04. The van der Waals surface area contributed by atoms with Gasteiger partial charge in [-0.25, -0.2) is 4.98 Å². The van der Waals surface area contributed by atoms with Crippen LogP contribution in [-0.4, -0.2) is 32.4 Å². The van der Waals surface area contributed by atoms with E-state index in [1.165, 1.54) is 10.6 Å². The summed E-state index contributed by atoms with van der Waals surface area (Å²) in [5.74, 6) is 0.208. The average molecular weight is 455 g/mol. The van der Waals surface area contributed by atoms with Crippen LogP contribution < -0.4 is 5.32 Å². The van der Waals surface area contributed by atoms with Gasteiger partial charge in [-0.15, -0.1) is 0 Å². The second-order valence-electron chi connectivity index (χ2n) is 7.16. The van der Waals surface area contributed by atoms with Crippen LogP contribution in [-0.2, 0) is 11.6 Å². The molecule has 1 fully saturated rings. The maximum Gasteiger partial charge on any atom is 0.433 e. The SMILES string of the molecule is OC1CCC(CNc2cc(C(F)(F)F)nc3cc(Br)nn23)(c2ccccc2)C1. The van der Waals surface area contributed by atoms with Crippen LogP contribution in [0.1, 0.15) is 30.5 Å². The third-order valence-electron chi connectivity index (χ3n) is 5.26. The van der Waals surface area contributed by atoms with Crippen LogP contribution in [0.25, 0.3) is 5.65 Å². The van der Waals surface area contributed by atoms with Crippen LogP contribution in [0.15, 0.2) is 47.1 Å². The number of aliphatic hydroxyl groups excluding tert-OH is 1. The predicted molar refractivity (Wildman–Crippen MR) is 102 cm³/mol. The Kier molecular flexibility index (Phi) is 4.83. The molecule has 5 nitrogen and oxygen atoms in total. The molecule has 4 rings (SSSR count). The van der Waals surface area contributed by atoms with E-state index in [4.69, 9.17) is 0 Å². The van der Waals surface area contributed by atoms with Crippen LogP contribution in [0.3, 0.4) is 0 Å². The summed E-state index contributed by atoms with van der Waals surface area (Å²) in [6, 6.07) is 12.2. The monoisotopic (exact) mass is 454 g/mol. The summed E-state index contributed by atoms with van der Waals surface area (Å²) in [5, 5.41) is 17.5. The molecule has 2 atom stereocenters. The van der Waals surface area contributed by atoms with Crippen molar-refractivity contribution in [3.8, 4) is 0 Å². The molecule has 0 radical (unpaired) electrons. The number of rotatable bonds is 4. The molecule has 1 aliphatic carbocycles. The van der Waals surface area contributed by atoms with Gasteiger partial charge in [-0.05, 0) is 40.8 Å². The molecular weight excluding hydrogens is 437 g/mol. The molecule has 1 aromatic carbocycles. The molecule has 1 saturated carbocycles. The number of benzene rings is 1. The molecule has 2 unspecified atom stereocenters. The first kappa shape index (κ1) is 19.2. The van der Waals surface area contributed by atoms with Gasteiger partial charge >= 0.3 is 6.18 Å². The number of hydrogen-bond acceptors (Lipinski definition) is 4. The lowest BCUT2D eigenvalue weighted by molar-refractivity contribution is -0.141. The van der Waals surface area contributed by atoms with Crippen molar-refractivity contribution in [2.24, 2.45) is 0 Å². The highest BCUT2D eigenvalue weighted by molar-refractivity contribution is 9.10. The van der Waals surface area contributed by atoms with Gasteiger partial charge in [0, 0.05) is 24.1 Å². The van der Waals surface area contributed by atoms with Gasteiger partial charge in [0.2, 0.25) is 0 Å². The number of aromatic nitrogens is 3. The fraction of sp³-hybridized carbons (Fsp3) is 0.368. The molecule has 2 aromatic heterocycles. The Morgan fingerprint density at radius 2 is 2.00 bits per heavy atom. The number of fused-ring (bicyclic) bond motifs is 1. The molecule has 0 bridgehead atoms. The van der Waals surface area contributed by atoms with Gasteiger partial charge in [-0.2, -0.15) is 22.8 Å². The number of alkyl halides is 3. The first-order valence-electron chi connectivity index (χ1n) is 8.88. The Hall–Kier alpha value is -2.13. The fourth-order valence-electron chi connectivity index (χ4n) is 3.89. The molecule has 9 heteroatoms. The maximum absolute atomic E-state index is 13.3. The van der Waals surface area contributed by atoms with Crippen molar-refractivity contribution in [1.29, 1.82) is 0 Å². The van der Waals surface area contributed by atoms with Gasteiger partial charge in [0.15, 0.2) is 11.3 Å². The summed E-state index contributed by atoms with van der Waals surface area (Å²) in [6.45, 7) is 0.377. The van der Waals surface area contributed by atoms with E-state index < -0.39 is 18.0 Å². The number of aliphatic hydroxyl groups is 1. The zero-order chi connectivity index (χ0) is 19.9. The predicted octanol–water partition coefficient (Wildman–Crippen LogP) is 4.41. The Morgan fingerprint density at radius 1 is 1.25 bits per heavy atom. The summed E-state index contributed by atoms with van der Waals surface area (Å²) >= 11 is 3.19. The standard InChI is InChI=1S/C19H18BrF3N4O/c20-15-9-17-25-14(19(21,22)23)8-16(27(17)26-15)24-11-18(7-6-13(28)10-18)12-4-2-1-3-5-12/h1-5,8-9,13,24,28H,6-7,10-11H2. The summed E-state index contributed by atoms with van der Waals surface area (Å²) in [6.07, 6.45) is -3.04. The molecule has 28 heavy (non-hydrogen) atoms. The Balaban J connectivity index is 1.71. The van der Waals surface area contributed by atoms with Crippen LogP contribution in [0.5, 0.6) is 0 Å². The van der Waals surface area contributed by atoms with Crippen LogP contribution >= 0.6 is 15.9 Å². The number of nitrogens with one attached hydrogen (secondary N) is 1. The van der Waals surface area contributed by atoms with E-state index in [1.54, 1.807) is 0 Å². The van der Waals surface area contributed by atoms with Gasteiger partial charge in [0.05, 0.1) is 6.10 Å². The number of nitrogens with zero attached hydrogens (tertiary/aromatic N) is 3. The quantitative estimate of drug-likeness (QED) is 0.612. The molecule has 0 saturated heterocycles. The van der Waals surface area contributed by atoms with E-state index >= 15 is 0 Å². The topological polar surface area (TPSA) is 62.5 Å². The summed E-state index contributed by atoms with van der Waals surface area (Å²) in [7, 11) is 0. The number of anilines is 1. The van der Waals surface area contributed by atoms with Gasteiger partial charge in [-0.3, -0.25) is 0 Å². The second-order valence-corrected chi connectivity index (χ2v) is 7.97. The molecule has 0 aliphatic heterocycles. The molecule has 0 spiro atoms. The van der Waals surface area contributed by atoms with Crippen molar-refractivity contribution in [3.05, 3.63) is 58.3 Å². The number of halogens is 4. The van der Waals surface area contributed by atoms with Crippen molar-refractivity contribution < 1.29 is 18.3 Å². The van der Waals surface area contributed by atoms with Crippen LogP contribution in [0.2, 0.25) is 0 Å². The molecular formula is C19H18BrF3N4O. The smallest absolute Gasteiger partial charge is 0.393 e. The molecule has 148 valence electrons. The van der Waals surface area contributed by atoms with E-state index in [2.05, 4.69) is 31.3 Å². The minimum atomic E-state index is -4.56. The lowest BCUT2D eigenvalue weighted by atomic mass is 9.78. The first-order valence-corrected chi connectivity index (χ1v) is 9.67. The molecule has 3 aromatic rings. The van der Waals surface area contributed by atoms with E-state index in [1.807, 2.05) is 30.3 Å². The number of hydrogen-bond donors (Lipinski definition) is 2. The first-order chi connectivity index (χ1) is 13.3. The van der Waals surface area contributed by atoms with E-state index in [-0.39, 0.29) is 16.9 Å². The third-order valence-corrected chi connectivity index (χ3v) is 5.65. The van der Waals surface area contributed by atoms with Gasteiger partial charge < -0.3 is 10.4 Å². The highest BCUT2D eigenvalue weighted by atomic mass is 79.9. The summed E-state index contributed by atoms with van der Waals surface area (Å²) in [4.78, 5) is 3.66. The summed E-state index contributed by atoms with van der Waals surface area (Å²) < 4.78 is 41.6. The van der Waals surface area contributed by atoms with E-state index in [9.17, 15) is 18.3 Å². The molecule has 1 aliphatic rings. The van der Waals surface area contributed by atoms with Gasteiger partial charge in [0.25, 0.3) is 0 Å². The van der Waals surface area contributed by atoms with Crippen molar-refractivity contribution in [2.75, 3.05) is 11.9 Å².